The molecule has 0 radical (unpaired) electrons. The summed E-state index contributed by atoms with van der Waals surface area (Å²) < 4.78 is 2.23. The minimum absolute atomic E-state index is 0.133. The minimum atomic E-state index is -0.427. The molecule has 0 spiro atoms. The second-order valence-corrected chi connectivity index (χ2v) is 6.41. The van der Waals surface area contributed by atoms with Gasteiger partial charge in [-0.3, -0.25) is 9.59 Å². The number of para-hydroxylation sites is 1. The number of hydrogen-bond donors (Lipinski definition) is 0. The molecule has 1 aromatic heterocycles. The van der Waals surface area contributed by atoms with Gasteiger partial charge in [-0.25, -0.2) is 0 Å². The van der Waals surface area contributed by atoms with E-state index in [4.69, 9.17) is 0 Å². The summed E-state index contributed by atoms with van der Waals surface area (Å²) in [5.74, 6) is -0.807. The van der Waals surface area contributed by atoms with Crippen molar-refractivity contribution in [3.63, 3.8) is 0 Å². The van der Waals surface area contributed by atoms with Crippen molar-refractivity contribution < 1.29 is 9.59 Å². The first kappa shape index (κ1) is 16.3. The summed E-state index contributed by atoms with van der Waals surface area (Å²) in [6.45, 7) is 2.96. The molecule has 4 rings (SSSR count). The van der Waals surface area contributed by atoms with Crippen LogP contribution in [0.2, 0.25) is 0 Å². The highest BCUT2D eigenvalue weighted by molar-refractivity contribution is 6.44. The molecule has 128 valence electrons. The van der Waals surface area contributed by atoms with E-state index in [0.717, 1.165) is 33.9 Å². The van der Waals surface area contributed by atoms with Crippen molar-refractivity contribution in [3.8, 4) is 0 Å². The van der Waals surface area contributed by atoms with E-state index in [0.29, 0.717) is 5.56 Å². The number of carbonyl (C=O) groups is 2. The summed E-state index contributed by atoms with van der Waals surface area (Å²) in [6.07, 6.45) is 0.133. The third-order valence-electron chi connectivity index (χ3n) is 4.81. The predicted molar refractivity (Wildman–Crippen MR) is 105 cm³/mol. The molecule has 0 aliphatic carbocycles. The Hall–Kier alpha value is -3.20. The van der Waals surface area contributed by atoms with Crippen LogP contribution in [0.4, 0.5) is 0 Å². The lowest BCUT2D eigenvalue weighted by Crippen LogP contribution is -2.16. The van der Waals surface area contributed by atoms with Gasteiger partial charge in [-0.1, -0.05) is 48.5 Å². The van der Waals surface area contributed by atoms with E-state index < -0.39 is 5.78 Å². The van der Waals surface area contributed by atoms with E-state index in [2.05, 4.69) is 23.6 Å². The Bertz CT molecular complexity index is 1120. The summed E-state index contributed by atoms with van der Waals surface area (Å²) >= 11 is 0. The molecule has 0 aliphatic heterocycles. The van der Waals surface area contributed by atoms with Gasteiger partial charge in [0.15, 0.2) is 0 Å². The predicted octanol–water partition coefficient (Wildman–Crippen LogP) is 4.81. The zero-order chi connectivity index (χ0) is 18.1. The first-order chi connectivity index (χ1) is 12.7. The summed E-state index contributed by atoms with van der Waals surface area (Å²) in [5.41, 5.74) is 3.54. The van der Waals surface area contributed by atoms with Gasteiger partial charge in [0, 0.05) is 40.3 Å². The molecular formula is C23H19NO2. The molecule has 0 unspecified atom stereocenters. The number of benzene rings is 3. The Morgan fingerprint density at radius 3 is 2.27 bits per heavy atom. The van der Waals surface area contributed by atoms with Crippen LogP contribution in [-0.4, -0.2) is 16.1 Å². The van der Waals surface area contributed by atoms with E-state index in [1.807, 2.05) is 54.6 Å². The minimum Gasteiger partial charge on any atom is -0.341 e. The Balaban J connectivity index is 1.74. The molecule has 0 aliphatic rings. The SMILES string of the molecule is CCn1c2ccccc2c2cc(C(=O)C(=O)Cc3ccccc3)ccc21. The molecule has 3 aromatic carbocycles. The van der Waals surface area contributed by atoms with Gasteiger partial charge in [-0.15, -0.1) is 0 Å². The van der Waals surface area contributed by atoms with Gasteiger partial charge in [0.25, 0.3) is 0 Å². The van der Waals surface area contributed by atoms with Gasteiger partial charge < -0.3 is 4.57 Å². The highest BCUT2D eigenvalue weighted by Gasteiger charge is 2.18. The van der Waals surface area contributed by atoms with Crippen LogP contribution in [0.25, 0.3) is 21.8 Å². The normalized spacial score (nSPS) is 11.1. The molecule has 0 fully saturated rings. The first-order valence-corrected chi connectivity index (χ1v) is 8.81. The van der Waals surface area contributed by atoms with Crippen LogP contribution < -0.4 is 0 Å². The molecule has 3 heteroatoms. The average Bonchev–Trinajstić information content (AvgIpc) is 3.01. The molecule has 0 atom stereocenters. The van der Waals surface area contributed by atoms with Crippen LogP contribution in [0.3, 0.4) is 0 Å². The zero-order valence-corrected chi connectivity index (χ0v) is 14.6. The second kappa shape index (κ2) is 6.60. The molecule has 0 saturated carbocycles. The topological polar surface area (TPSA) is 39.1 Å². The molecule has 1 heterocycles. The zero-order valence-electron chi connectivity index (χ0n) is 14.6. The van der Waals surface area contributed by atoms with Gasteiger partial charge in [0.05, 0.1) is 0 Å². The van der Waals surface area contributed by atoms with Crippen molar-refractivity contribution in [2.24, 2.45) is 0 Å². The van der Waals surface area contributed by atoms with Crippen LogP contribution in [0, 0.1) is 0 Å². The molecular weight excluding hydrogens is 322 g/mol. The first-order valence-electron chi connectivity index (χ1n) is 8.81. The van der Waals surface area contributed by atoms with E-state index in [1.165, 1.54) is 0 Å². The van der Waals surface area contributed by atoms with Crippen LogP contribution in [0.1, 0.15) is 22.8 Å². The number of hydrogen-bond acceptors (Lipinski definition) is 2. The molecule has 3 nitrogen and oxygen atoms in total. The van der Waals surface area contributed by atoms with Crippen molar-refractivity contribution in [1.82, 2.24) is 4.57 Å². The number of Topliss-reactive ketones (excluding diaryl/α,β-unsaturated/α-hetero) is 2. The average molecular weight is 341 g/mol. The number of rotatable bonds is 5. The Morgan fingerprint density at radius 2 is 1.50 bits per heavy atom. The smallest absolute Gasteiger partial charge is 0.228 e. The maximum atomic E-state index is 12.6. The summed E-state index contributed by atoms with van der Waals surface area (Å²) in [4.78, 5) is 25.1. The highest BCUT2D eigenvalue weighted by Crippen LogP contribution is 2.29. The third kappa shape index (κ3) is 2.72. The quantitative estimate of drug-likeness (QED) is 0.386. The van der Waals surface area contributed by atoms with Gasteiger partial charge in [-0.05, 0) is 36.8 Å². The standard InChI is InChI=1S/C23H19NO2/c1-2-24-20-11-7-6-10-18(20)19-15-17(12-13-21(19)24)23(26)22(25)14-16-8-4-3-5-9-16/h3-13,15H,2,14H2,1H3. The van der Waals surface area contributed by atoms with Gasteiger partial charge >= 0.3 is 0 Å². The fourth-order valence-corrected chi connectivity index (χ4v) is 3.56. The Morgan fingerprint density at radius 1 is 0.808 bits per heavy atom. The van der Waals surface area contributed by atoms with E-state index in [1.54, 1.807) is 6.07 Å². The largest absolute Gasteiger partial charge is 0.341 e. The fourth-order valence-electron chi connectivity index (χ4n) is 3.56. The summed E-state index contributed by atoms with van der Waals surface area (Å²) in [7, 11) is 0. The Labute approximate surface area is 151 Å². The molecule has 0 amide bonds. The number of fused-ring (bicyclic) bond motifs is 3. The second-order valence-electron chi connectivity index (χ2n) is 6.41. The van der Waals surface area contributed by atoms with Gasteiger partial charge in [0.1, 0.15) is 0 Å². The molecule has 0 bridgehead atoms. The number of ketones is 2. The monoisotopic (exact) mass is 341 g/mol. The van der Waals surface area contributed by atoms with Crippen LogP contribution in [-0.2, 0) is 17.8 Å². The highest BCUT2D eigenvalue weighted by atomic mass is 16.2. The van der Waals surface area contributed by atoms with Crippen LogP contribution in [0.15, 0.2) is 72.8 Å². The lowest BCUT2D eigenvalue weighted by molar-refractivity contribution is -0.114. The summed E-state index contributed by atoms with van der Waals surface area (Å²) in [5, 5.41) is 2.12. The van der Waals surface area contributed by atoms with Crippen LogP contribution >= 0.6 is 0 Å². The Kier molecular flexibility index (Phi) is 4.13. The van der Waals surface area contributed by atoms with Crippen molar-refractivity contribution in [1.29, 1.82) is 0 Å². The maximum Gasteiger partial charge on any atom is 0.228 e. The molecule has 26 heavy (non-hydrogen) atoms. The third-order valence-corrected chi connectivity index (χ3v) is 4.81. The molecule has 0 N–H and O–H groups in total. The van der Waals surface area contributed by atoms with Crippen LogP contribution in [0.5, 0.6) is 0 Å². The fraction of sp³-hybridized carbons (Fsp3) is 0.130. The van der Waals surface area contributed by atoms with E-state index in [-0.39, 0.29) is 12.2 Å². The van der Waals surface area contributed by atoms with Crippen molar-refractivity contribution in [2.45, 2.75) is 19.9 Å². The van der Waals surface area contributed by atoms with Crippen molar-refractivity contribution >= 4 is 33.4 Å². The number of nitrogens with zero attached hydrogens (tertiary/aromatic N) is 1. The molecule has 4 aromatic rings. The number of carbonyl (C=O) groups excluding carboxylic acids is 2. The van der Waals surface area contributed by atoms with Crippen molar-refractivity contribution in [2.75, 3.05) is 0 Å². The molecule has 0 saturated heterocycles. The van der Waals surface area contributed by atoms with E-state index in [9.17, 15) is 9.59 Å². The van der Waals surface area contributed by atoms with Gasteiger partial charge in [0.2, 0.25) is 11.6 Å². The lowest BCUT2D eigenvalue weighted by Gasteiger charge is -2.04. The van der Waals surface area contributed by atoms with Crippen molar-refractivity contribution in [3.05, 3.63) is 83.9 Å². The maximum absolute atomic E-state index is 12.6. The summed E-state index contributed by atoms with van der Waals surface area (Å²) in [6, 6.07) is 23.1. The van der Waals surface area contributed by atoms with E-state index >= 15 is 0 Å². The lowest BCUT2D eigenvalue weighted by atomic mass is 10.00. The number of aromatic nitrogens is 1. The number of aryl methyl sites for hydroxylation is 1. The van der Waals surface area contributed by atoms with Gasteiger partial charge in [-0.2, -0.15) is 0 Å².